The van der Waals surface area contributed by atoms with E-state index in [1.807, 2.05) is 19.0 Å². The molecule has 0 spiro atoms. The van der Waals surface area contributed by atoms with Gasteiger partial charge in [0.15, 0.2) is 11.6 Å². The first-order valence-corrected chi connectivity index (χ1v) is 7.52. The van der Waals surface area contributed by atoms with E-state index >= 15 is 0 Å². The quantitative estimate of drug-likeness (QED) is 0.864. The van der Waals surface area contributed by atoms with E-state index in [0.29, 0.717) is 0 Å². The molecule has 0 unspecified atom stereocenters. The maximum atomic E-state index is 4.44. The lowest BCUT2D eigenvalue weighted by Gasteiger charge is -2.38. The van der Waals surface area contributed by atoms with Gasteiger partial charge in [-0.2, -0.15) is 0 Å². The molecule has 5 heteroatoms. The van der Waals surface area contributed by atoms with E-state index in [-0.39, 0.29) is 5.54 Å². The maximum Gasteiger partial charge on any atom is 0.171 e. The van der Waals surface area contributed by atoms with Crippen LogP contribution in [0, 0.1) is 0 Å². The predicted molar refractivity (Wildman–Crippen MR) is 84.4 cm³/mol. The molecule has 1 N–H and O–H groups in total. The third kappa shape index (κ3) is 3.03. The molecule has 0 aliphatic heterocycles. The van der Waals surface area contributed by atoms with E-state index in [2.05, 4.69) is 34.2 Å². The fraction of sp³-hybridized carbons (Fsp3) is 0.733. The molecule has 112 valence electrons. The zero-order valence-electron chi connectivity index (χ0n) is 13.2. The van der Waals surface area contributed by atoms with Crippen molar-refractivity contribution in [3.63, 3.8) is 0 Å². The van der Waals surface area contributed by atoms with Gasteiger partial charge < -0.3 is 10.2 Å². The Kier molecular flexibility index (Phi) is 4.81. The van der Waals surface area contributed by atoms with Crippen molar-refractivity contribution in [2.24, 2.45) is 0 Å². The number of anilines is 2. The molecule has 0 atom stereocenters. The molecule has 1 aromatic rings. The van der Waals surface area contributed by atoms with Gasteiger partial charge in [-0.3, -0.25) is 4.90 Å². The Morgan fingerprint density at radius 1 is 1.15 bits per heavy atom. The molecule has 1 aromatic heterocycles. The second kappa shape index (κ2) is 6.39. The first-order valence-electron chi connectivity index (χ1n) is 7.52. The standard InChI is InChI=1S/C15H27N5/c1-5-20(4)15(8-6-7-9-15)12-18-13-14(19(2)3)17-11-10-16-13/h10-11H,5-9,12H2,1-4H3,(H,16,18). The lowest BCUT2D eigenvalue weighted by Crippen LogP contribution is -2.49. The van der Waals surface area contributed by atoms with E-state index in [1.54, 1.807) is 12.4 Å². The molecule has 0 bridgehead atoms. The highest BCUT2D eigenvalue weighted by molar-refractivity contribution is 5.59. The number of hydrogen-bond acceptors (Lipinski definition) is 5. The summed E-state index contributed by atoms with van der Waals surface area (Å²) in [6, 6.07) is 0. The van der Waals surface area contributed by atoms with E-state index < -0.39 is 0 Å². The Labute approximate surface area is 122 Å². The fourth-order valence-corrected chi connectivity index (χ4v) is 3.09. The lowest BCUT2D eigenvalue weighted by molar-refractivity contribution is 0.144. The molecule has 5 nitrogen and oxygen atoms in total. The number of aromatic nitrogens is 2. The molecular formula is C15H27N5. The minimum Gasteiger partial charge on any atom is -0.365 e. The zero-order valence-corrected chi connectivity index (χ0v) is 13.2. The van der Waals surface area contributed by atoms with Crippen molar-refractivity contribution in [1.29, 1.82) is 0 Å². The molecule has 20 heavy (non-hydrogen) atoms. The van der Waals surface area contributed by atoms with E-state index in [1.165, 1.54) is 25.7 Å². The Hall–Kier alpha value is -1.36. The monoisotopic (exact) mass is 277 g/mol. The first kappa shape index (κ1) is 15.0. The third-order valence-corrected chi connectivity index (χ3v) is 4.51. The summed E-state index contributed by atoms with van der Waals surface area (Å²) < 4.78 is 0. The van der Waals surface area contributed by atoms with Crippen molar-refractivity contribution in [2.45, 2.75) is 38.1 Å². The largest absolute Gasteiger partial charge is 0.365 e. The first-order chi connectivity index (χ1) is 9.59. The topological polar surface area (TPSA) is 44.3 Å². The van der Waals surface area contributed by atoms with Crippen molar-refractivity contribution in [1.82, 2.24) is 14.9 Å². The van der Waals surface area contributed by atoms with Gasteiger partial charge in [0.1, 0.15) is 0 Å². The van der Waals surface area contributed by atoms with Gasteiger partial charge >= 0.3 is 0 Å². The van der Waals surface area contributed by atoms with Crippen LogP contribution >= 0.6 is 0 Å². The van der Waals surface area contributed by atoms with Gasteiger partial charge in [-0.25, -0.2) is 9.97 Å². The van der Waals surface area contributed by atoms with Crippen molar-refractivity contribution >= 4 is 11.6 Å². The summed E-state index contributed by atoms with van der Waals surface area (Å²) in [7, 11) is 6.23. The van der Waals surface area contributed by atoms with Crippen LogP contribution in [0.1, 0.15) is 32.6 Å². The van der Waals surface area contributed by atoms with Gasteiger partial charge in [-0.15, -0.1) is 0 Å². The summed E-state index contributed by atoms with van der Waals surface area (Å²) in [5, 5.41) is 3.54. The van der Waals surface area contributed by atoms with Crippen LogP contribution in [0.4, 0.5) is 11.6 Å². The Morgan fingerprint density at radius 2 is 1.80 bits per heavy atom. The van der Waals surface area contributed by atoms with Gasteiger partial charge in [0.05, 0.1) is 0 Å². The summed E-state index contributed by atoms with van der Waals surface area (Å²) in [5.74, 6) is 1.79. The fourth-order valence-electron chi connectivity index (χ4n) is 3.09. The lowest BCUT2D eigenvalue weighted by atomic mass is 9.95. The Morgan fingerprint density at radius 3 is 2.40 bits per heavy atom. The molecule has 0 radical (unpaired) electrons. The zero-order chi connectivity index (χ0) is 14.6. The van der Waals surface area contributed by atoms with Crippen molar-refractivity contribution < 1.29 is 0 Å². The summed E-state index contributed by atoms with van der Waals surface area (Å²) in [6.45, 7) is 4.26. The molecule has 1 aliphatic rings. The molecule has 1 heterocycles. The van der Waals surface area contributed by atoms with Crippen molar-refractivity contribution in [2.75, 3.05) is 44.4 Å². The highest BCUT2D eigenvalue weighted by Gasteiger charge is 2.37. The third-order valence-electron chi connectivity index (χ3n) is 4.51. The second-order valence-corrected chi connectivity index (χ2v) is 5.92. The average Bonchev–Trinajstić information content (AvgIpc) is 2.94. The highest BCUT2D eigenvalue weighted by atomic mass is 15.2. The number of nitrogens with one attached hydrogen (secondary N) is 1. The number of rotatable bonds is 6. The molecule has 0 saturated heterocycles. The van der Waals surface area contributed by atoms with Crippen LogP contribution in [0.25, 0.3) is 0 Å². The number of likely N-dealkylation sites (N-methyl/N-ethyl adjacent to an activating group) is 1. The highest BCUT2D eigenvalue weighted by Crippen LogP contribution is 2.35. The van der Waals surface area contributed by atoms with Crippen LogP contribution < -0.4 is 10.2 Å². The normalized spacial score (nSPS) is 17.4. The average molecular weight is 277 g/mol. The molecule has 0 aromatic carbocycles. The molecule has 1 aliphatic carbocycles. The van der Waals surface area contributed by atoms with Gasteiger partial charge in [0.25, 0.3) is 0 Å². The Balaban J connectivity index is 2.10. The van der Waals surface area contributed by atoms with E-state index in [4.69, 9.17) is 0 Å². The Bertz CT molecular complexity index is 426. The minimum absolute atomic E-state index is 0.274. The minimum atomic E-state index is 0.274. The smallest absolute Gasteiger partial charge is 0.171 e. The van der Waals surface area contributed by atoms with Crippen molar-refractivity contribution in [3.05, 3.63) is 12.4 Å². The summed E-state index contributed by atoms with van der Waals surface area (Å²) >= 11 is 0. The van der Waals surface area contributed by atoms with Crippen LogP contribution in [0.3, 0.4) is 0 Å². The van der Waals surface area contributed by atoms with Crippen LogP contribution in [-0.2, 0) is 0 Å². The molecule has 2 rings (SSSR count). The molecule has 1 fully saturated rings. The van der Waals surface area contributed by atoms with Gasteiger partial charge in [0, 0.05) is 38.6 Å². The van der Waals surface area contributed by atoms with Crippen LogP contribution in [0.5, 0.6) is 0 Å². The van der Waals surface area contributed by atoms with Crippen molar-refractivity contribution in [3.8, 4) is 0 Å². The SMILES string of the molecule is CCN(C)C1(CNc2nccnc2N(C)C)CCCC1. The van der Waals surface area contributed by atoms with E-state index in [9.17, 15) is 0 Å². The van der Waals surface area contributed by atoms with Crippen LogP contribution in [0.15, 0.2) is 12.4 Å². The summed E-state index contributed by atoms with van der Waals surface area (Å²) in [6.07, 6.45) is 8.67. The van der Waals surface area contributed by atoms with E-state index in [0.717, 1.165) is 24.7 Å². The van der Waals surface area contributed by atoms with Crippen LogP contribution in [0.2, 0.25) is 0 Å². The number of hydrogen-bond donors (Lipinski definition) is 1. The molecular weight excluding hydrogens is 250 g/mol. The predicted octanol–water partition coefficient (Wildman–Crippen LogP) is 2.22. The van der Waals surface area contributed by atoms with Gasteiger partial charge in [-0.1, -0.05) is 19.8 Å². The second-order valence-electron chi connectivity index (χ2n) is 5.92. The molecule has 1 saturated carbocycles. The van der Waals surface area contributed by atoms with Gasteiger partial charge in [0.2, 0.25) is 0 Å². The summed E-state index contributed by atoms with van der Waals surface area (Å²) in [5.41, 5.74) is 0.274. The molecule has 0 amide bonds. The maximum absolute atomic E-state index is 4.44. The van der Waals surface area contributed by atoms with Crippen LogP contribution in [-0.4, -0.2) is 54.6 Å². The number of nitrogens with zero attached hydrogens (tertiary/aromatic N) is 4. The summed E-state index contributed by atoms with van der Waals surface area (Å²) in [4.78, 5) is 13.3. The van der Waals surface area contributed by atoms with Gasteiger partial charge in [-0.05, 0) is 26.4 Å².